The molecule has 1 aliphatic heterocycles. The highest BCUT2D eigenvalue weighted by Gasteiger charge is 2.48. The number of carbonyl (C=O) groups is 3. The van der Waals surface area contributed by atoms with Crippen molar-refractivity contribution < 1.29 is 29.3 Å². The van der Waals surface area contributed by atoms with Gasteiger partial charge in [0.2, 0.25) is 5.95 Å². The highest BCUT2D eigenvalue weighted by molar-refractivity contribution is 6.51. The number of nitrogens with zero attached hydrogens (tertiary/aromatic N) is 2. The fourth-order valence-corrected chi connectivity index (χ4v) is 4.48. The number of aliphatic hydroxyl groups is 1. The fourth-order valence-electron chi connectivity index (χ4n) is 4.48. The number of ketones is 1. The number of aromatic nitrogens is 2. The Balaban J connectivity index is 1.68. The molecule has 37 heavy (non-hydrogen) atoms. The van der Waals surface area contributed by atoms with E-state index in [0.29, 0.717) is 34.5 Å². The molecule has 0 bridgehead atoms. The van der Waals surface area contributed by atoms with E-state index in [-0.39, 0.29) is 22.8 Å². The molecule has 1 aliphatic rings. The number of imidazole rings is 1. The van der Waals surface area contributed by atoms with Gasteiger partial charge in [0.25, 0.3) is 5.78 Å². The first kappa shape index (κ1) is 23.8. The molecule has 186 valence electrons. The van der Waals surface area contributed by atoms with E-state index in [1.165, 1.54) is 23.1 Å². The normalized spacial score (nSPS) is 16.9. The second-order valence-electron chi connectivity index (χ2n) is 8.64. The van der Waals surface area contributed by atoms with Gasteiger partial charge in [-0.15, -0.1) is 0 Å². The minimum absolute atomic E-state index is 0.0514. The number of aryl methyl sites for hydroxylation is 1. The zero-order valence-electron chi connectivity index (χ0n) is 20.1. The van der Waals surface area contributed by atoms with E-state index in [0.717, 1.165) is 5.56 Å². The average molecular weight is 498 g/mol. The van der Waals surface area contributed by atoms with Gasteiger partial charge in [0.05, 0.1) is 34.8 Å². The number of carboxylic acids is 1. The van der Waals surface area contributed by atoms with Gasteiger partial charge in [-0.1, -0.05) is 29.8 Å². The summed E-state index contributed by atoms with van der Waals surface area (Å²) in [7, 11) is 0. The number of benzene rings is 3. The average Bonchev–Trinajstić information content (AvgIpc) is 3.42. The Morgan fingerprint density at radius 3 is 2.43 bits per heavy atom. The van der Waals surface area contributed by atoms with Crippen LogP contribution in [-0.4, -0.2) is 44.4 Å². The minimum atomic E-state index is -1.10. The van der Waals surface area contributed by atoms with Crippen LogP contribution >= 0.6 is 0 Å². The summed E-state index contributed by atoms with van der Waals surface area (Å²) in [5.41, 5.74) is 2.66. The Morgan fingerprint density at radius 1 is 1.03 bits per heavy atom. The van der Waals surface area contributed by atoms with Crippen LogP contribution in [0.2, 0.25) is 0 Å². The number of Topliss-reactive ketones (excluding diaryl/α,β-unsaturated/α-hetero) is 1. The number of hydrogen-bond donors (Lipinski definition) is 3. The lowest BCUT2D eigenvalue weighted by Gasteiger charge is -2.23. The van der Waals surface area contributed by atoms with Crippen LogP contribution < -0.4 is 9.64 Å². The summed E-state index contributed by atoms with van der Waals surface area (Å²) in [6, 6.07) is 17.3. The van der Waals surface area contributed by atoms with Crippen LogP contribution in [0.25, 0.3) is 16.8 Å². The van der Waals surface area contributed by atoms with Crippen molar-refractivity contribution in [3.8, 4) is 5.75 Å². The van der Waals surface area contributed by atoms with E-state index >= 15 is 0 Å². The maximum Gasteiger partial charge on any atom is 0.335 e. The van der Waals surface area contributed by atoms with Gasteiger partial charge in [-0.25, -0.2) is 9.78 Å². The van der Waals surface area contributed by atoms with Gasteiger partial charge in [0.1, 0.15) is 11.5 Å². The van der Waals surface area contributed by atoms with Crippen molar-refractivity contribution in [3.63, 3.8) is 0 Å². The molecule has 1 fully saturated rings. The lowest BCUT2D eigenvalue weighted by Crippen LogP contribution is -2.30. The molecule has 2 heterocycles. The number of carbonyl (C=O) groups excluding carboxylic acids is 2. The van der Waals surface area contributed by atoms with Crippen molar-refractivity contribution >= 4 is 40.4 Å². The standard InChI is InChI=1S/C28H23N3O6/c1-3-37-19-10-7-16(8-11-19)24(32)22-23(17-6-4-5-15(2)13-17)31(26(34)25(22)33)28-29-20-12-9-18(27(35)36)14-21(20)30-28/h4-14,23,32H,3H2,1-2H3,(H,29,30)(H,35,36)/b24-22+. The number of amides is 1. The topological polar surface area (TPSA) is 133 Å². The van der Waals surface area contributed by atoms with Crippen LogP contribution in [0.5, 0.6) is 5.75 Å². The number of aromatic amines is 1. The van der Waals surface area contributed by atoms with E-state index < -0.39 is 23.7 Å². The molecule has 4 aromatic rings. The predicted molar refractivity (Wildman–Crippen MR) is 137 cm³/mol. The highest BCUT2D eigenvalue weighted by Crippen LogP contribution is 2.42. The summed E-state index contributed by atoms with van der Waals surface area (Å²) in [5, 5.41) is 20.6. The van der Waals surface area contributed by atoms with Crippen molar-refractivity contribution in [3.05, 3.63) is 94.6 Å². The van der Waals surface area contributed by atoms with Gasteiger partial charge < -0.3 is 19.9 Å². The molecule has 1 saturated heterocycles. The molecule has 0 aliphatic carbocycles. The van der Waals surface area contributed by atoms with Crippen molar-refractivity contribution in [2.45, 2.75) is 19.9 Å². The largest absolute Gasteiger partial charge is 0.507 e. The lowest BCUT2D eigenvalue weighted by atomic mass is 9.94. The lowest BCUT2D eigenvalue weighted by molar-refractivity contribution is -0.132. The number of rotatable bonds is 6. The first-order chi connectivity index (χ1) is 17.8. The van der Waals surface area contributed by atoms with Crippen LogP contribution in [0, 0.1) is 6.92 Å². The smallest absolute Gasteiger partial charge is 0.335 e. The van der Waals surface area contributed by atoms with Gasteiger partial charge >= 0.3 is 11.9 Å². The third-order valence-electron chi connectivity index (χ3n) is 6.19. The van der Waals surface area contributed by atoms with E-state index in [1.807, 2.05) is 26.0 Å². The second-order valence-corrected chi connectivity index (χ2v) is 8.64. The van der Waals surface area contributed by atoms with Crippen molar-refractivity contribution in [1.29, 1.82) is 0 Å². The molecule has 5 rings (SSSR count). The van der Waals surface area contributed by atoms with Crippen LogP contribution in [0.1, 0.15) is 40.0 Å². The third kappa shape index (κ3) is 4.20. The number of aromatic carboxylic acids is 1. The molecule has 0 spiro atoms. The van der Waals surface area contributed by atoms with Crippen molar-refractivity contribution in [2.75, 3.05) is 11.5 Å². The summed E-state index contributed by atoms with van der Waals surface area (Å²) >= 11 is 0. The number of aliphatic hydroxyl groups excluding tert-OH is 1. The summed E-state index contributed by atoms with van der Waals surface area (Å²) in [6.07, 6.45) is 0. The molecule has 0 saturated carbocycles. The fraction of sp³-hybridized carbons (Fsp3) is 0.143. The zero-order valence-corrected chi connectivity index (χ0v) is 20.1. The summed E-state index contributed by atoms with van der Waals surface area (Å²) in [5.74, 6) is -2.47. The van der Waals surface area contributed by atoms with E-state index in [9.17, 15) is 24.6 Å². The summed E-state index contributed by atoms with van der Waals surface area (Å²) in [6.45, 7) is 4.23. The minimum Gasteiger partial charge on any atom is -0.507 e. The zero-order chi connectivity index (χ0) is 26.3. The Morgan fingerprint density at radius 2 is 1.76 bits per heavy atom. The van der Waals surface area contributed by atoms with Gasteiger partial charge in [-0.2, -0.15) is 0 Å². The number of H-pyrrole nitrogens is 1. The maximum atomic E-state index is 13.4. The first-order valence-electron chi connectivity index (χ1n) is 11.6. The number of hydrogen-bond acceptors (Lipinski definition) is 6. The van der Waals surface area contributed by atoms with Crippen LogP contribution in [0.4, 0.5) is 5.95 Å². The molecule has 1 aromatic heterocycles. The molecule has 1 atom stereocenters. The molecule has 1 amide bonds. The predicted octanol–water partition coefficient (Wildman–Crippen LogP) is 4.59. The van der Waals surface area contributed by atoms with Crippen LogP contribution in [0.15, 0.2) is 72.3 Å². The van der Waals surface area contributed by atoms with E-state index in [1.54, 1.807) is 36.4 Å². The van der Waals surface area contributed by atoms with Gasteiger partial charge in [-0.05, 0) is 61.9 Å². The molecule has 0 radical (unpaired) electrons. The van der Waals surface area contributed by atoms with Crippen molar-refractivity contribution in [1.82, 2.24) is 9.97 Å². The molecular weight excluding hydrogens is 474 g/mol. The van der Waals surface area contributed by atoms with Gasteiger partial charge in [0, 0.05) is 5.56 Å². The Kier molecular flexibility index (Phi) is 5.96. The van der Waals surface area contributed by atoms with Crippen LogP contribution in [-0.2, 0) is 9.59 Å². The number of fused-ring (bicyclic) bond motifs is 1. The van der Waals surface area contributed by atoms with E-state index in [4.69, 9.17) is 4.74 Å². The number of carboxylic acid groups (broad SMARTS) is 1. The van der Waals surface area contributed by atoms with Gasteiger partial charge in [-0.3, -0.25) is 14.5 Å². The number of ether oxygens (including phenoxy) is 1. The van der Waals surface area contributed by atoms with Crippen molar-refractivity contribution in [2.24, 2.45) is 0 Å². The number of anilines is 1. The van der Waals surface area contributed by atoms with Crippen LogP contribution in [0.3, 0.4) is 0 Å². The molecular formula is C28H23N3O6. The highest BCUT2D eigenvalue weighted by atomic mass is 16.5. The first-order valence-corrected chi connectivity index (χ1v) is 11.6. The Hall–Kier alpha value is -4.92. The molecule has 9 nitrogen and oxygen atoms in total. The monoisotopic (exact) mass is 497 g/mol. The molecule has 1 unspecified atom stereocenters. The van der Waals surface area contributed by atoms with E-state index in [2.05, 4.69) is 9.97 Å². The Bertz CT molecular complexity index is 1590. The SMILES string of the molecule is CCOc1ccc(/C(O)=C2\C(=O)C(=O)N(c3nc4ccc(C(=O)O)cc4[nH]3)C2c2cccc(C)c2)cc1. The molecule has 3 N–H and O–H groups in total. The second kappa shape index (κ2) is 9.27. The quantitative estimate of drug-likeness (QED) is 0.202. The third-order valence-corrected chi connectivity index (χ3v) is 6.19. The summed E-state index contributed by atoms with van der Waals surface area (Å²) in [4.78, 5) is 46.8. The number of nitrogens with one attached hydrogen (secondary N) is 1. The Labute approximate surface area is 211 Å². The van der Waals surface area contributed by atoms with Gasteiger partial charge in [0.15, 0.2) is 0 Å². The molecule has 9 heteroatoms. The summed E-state index contributed by atoms with van der Waals surface area (Å²) < 4.78 is 5.46. The maximum absolute atomic E-state index is 13.4. The molecule has 3 aromatic carbocycles.